The minimum absolute atomic E-state index is 0.0638. The first kappa shape index (κ1) is 16.2. The van der Waals surface area contributed by atoms with Gasteiger partial charge in [0.15, 0.2) is 0 Å². The molecule has 0 saturated carbocycles. The number of amides is 1. The van der Waals surface area contributed by atoms with E-state index in [4.69, 9.17) is 9.92 Å². The van der Waals surface area contributed by atoms with Gasteiger partial charge in [-0.25, -0.2) is 0 Å². The van der Waals surface area contributed by atoms with E-state index < -0.39 is 16.0 Å². The third-order valence-electron chi connectivity index (χ3n) is 3.06. The molecule has 2 aromatic rings. The molecular weight excluding hydrogens is 302 g/mol. The van der Waals surface area contributed by atoms with Crippen molar-refractivity contribution < 1.29 is 17.4 Å². The van der Waals surface area contributed by atoms with Crippen LogP contribution in [0.15, 0.2) is 59.5 Å². The minimum atomic E-state index is -3.81. The summed E-state index contributed by atoms with van der Waals surface area (Å²) in [7, 11) is -3.81. The van der Waals surface area contributed by atoms with Crippen molar-refractivity contribution >= 4 is 16.0 Å². The quantitative estimate of drug-likeness (QED) is 0.627. The largest absolute Gasteiger partial charge is 0.370 e. The Labute approximate surface area is 129 Å². The molecule has 0 spiro atoms. The van der Waals surface area contributed by atoms with Crippen LogP contribution in [-0.4, -0.2) is 20.9 Å². The molecule has 0 radical (unpaired) electrons. The number of hydrogen-bond acceptors (Lipinski definition) is 4. The second-order valence-corrected chi connectivity index (χ2v) is 6.35. The van der Waals surface area contributed by atoms with Crippen LogP contribution in [0.1, 0.15) is 12.8 Å². The zero-order valence-corrected chi connectivity index (χ0v) is 12.8. The van der Waals surface area contributed by atoms with Gasteiger partial charge in [-0.1, -0.05) is 42.5 Å². The molecule has 22 heavy (non-hydrogen) atoms. The third kappa shape index (κ3) is 4.41. The van der Waals surface area contributed by atoms with Gasteiger partial charge in [0.1, 0.15) is 0 Å². The summed E-state index contributed by atoms with van der Waals surface area (Å²) in [4.78, 5) is 10.7. The van der Waals surface area contributed by atoms with E-state index in [2.05, 4.69) is 0 Å². The second-order valence-electron chi connectivity index (χ2n) is 4.74. The first-order valence-electron chi connectivity index (χ1n) is 6.82. The summed E-state index contributed by atoms with van der Waals surface area (Å²) in [5.74, 6) is -0.479. The van der Waals surface area contributed by atoms with Gasteiger partial charge >= 0.3 is 0 Å². The molecule has 1 amide bonds. The van der Waals surface area contributed by atoms with Crippen molar-refractivity contribution in [3.8, 4) is 11.1 Å². The molecule has 6 heteroatoms. The van der Waals surface area contributed by atoms with E-state index in [-0.39, 0.29) is 24.3 Å². The van der Waals surface area contributed by atoms with Crippen LogP contribution >= 0.6 is 0 Å². The molecule has 0 bridgehead atoms. The van der Waals surface area contributed by atoms with Gasteiger partial charge in [0.05, 0.1) is 11.5 Å². The summed E-state index contributed by atoms with van der Waals surface area (Å²) >= 11 is 0. The highest BCUT2D eigenvalue weighted by Crippen LogP contribution is 2.21. The van der Waals surface area contributed by atoms with E-state index in [0.29, 0.717) is 0 Å². The van der Waals surface area contributed by atoms with E-state index in [1.54, 1.807) is 12.1 Å². The normalized spacial score (nSPS) is 11.3. The number of nitrogens with two attached hydrogens (primary N) is 1. The highest BCUT2D eigenvalue weighted by atomic mass is 32.2. The summed E-state index contributed by atoms with van der Waals surface area (Å²) in [6, 6.07) is 16.1. The molecule has 0 heterocycles. The molecule has 2 N–H and O–H groups in total. The maximum Gasteiger partial charge on any atom is 0.296 e. The number of primary amides is 1. The molecule has 0 saturated heterocycles. The molecule has 0 fully saturated rings. The van der Waals surface area contributed by atoms with Gasteiger partial charge in [-0.05, 0) is 29.7 Å². The maximum atomic E-state index is 12.0. The van der Waals surface area contributed by atoms with Crippen molar-refractivity contribution in [2.24, 2.45) is 5.73 Å². The summed E-state index contributed by atoms with van der Waals surface area (Å²) in [5.41, 5.74) is 6.91. The molecule has 0 unspecified atom stereocenters. The van der Waals surface area contributed by atoms with Crippen LogP contribution in [0.3, 0.4) is 0 Å². The highest BCUT2D eigenvalue weighted by Gasteiger charge is 2.15. The number of carbonyl (C=O) groups excluding carboxylic acids is 1. The summed E-state index contributed by atoms with van der Waals surface area (Å²) in [5, 5.41) is 0. The van der Waals surface area contributed by atoms with E-state index in [1.165, 1.54) is 12.1 Å². The predicted molar refractivity (Wildman–Crippen MR) is 83.4 cm³/mol. The lowest BCUT2D eigenvalue weighted by Gasteiger charge is -2.06. The zero-order valence-electron chi connectivity index (χ0n) is 11.9. The summed E-state index contributed by atoms with van der Waals surface area (Å²) < 4.78 is 28.8. The van der Waals surface area contributed by atoms with Crippen molar-refractivity contribution in [2.75, 3.05) is 6.61 Å². The Bertz CT molecular complexity index is 725. The third-order valence-corrected chi connectivity index (χ3v) is 4.38. The van der Waals surface area contributed by atoms with Crippen LogP contribution < -0.4 is 5.73 Å². The van der Waals surface area contributed by atoms with Crippen LogP contribution in [0.5, 0.6) is 0 Å². The minimum Gasteiger partial charge on any atom is -0.370 e. The van der Waals surface area contributed by atoms with Crippen LogP contribution in [-0.2, 0) is 19.1 Å². The topological polar surface area (TPSA) is 86.5 Å². The average molecular weight is 319 g/mol. The second kappa shape index (κ2) is 7.20. The first-order valence-corrected chi connectivity index (χ1v) is 8.23. The van der Waals surface area contributed by atoms with Crippen molar-refractivity contribution in [2.45, 2.75) is 17.7 Å². The number of hydrogen-bond donors (Lipinski definition) is 1. The fraction of sp³-hybridized carbons (Fsp3) is 0.188. The lowest BCUT2D eigenvalue weighted by atomic mass is 10.1. The molecule has 5 nitrogen and oxygen atoms in total. The Balaban J connectivity index is 2.04. The van der Waals surface area contributed by atoms with Crippen molar-refractivity contribution in [1.82, 2.24) is 0 Å². The van der Waals surface area contributed by atoms with E-state index in [0.717, 1.165) is 11.1 Å². The Morgan fingerprint density at radius 3 is 2.14 bits per heavy atom. The first-order chi connectivity index (χ1) is 10.5. The number of rotatable bonds is 7. The van der Waals surface area contributed by atoms with Crippen molar-refractivity contribution in [3.63, 3.8) is 0 Å². The molecule has 0 aliphatic heterocycles. The predicted octanol–water partition coefficient (Wildman–Crippen LogP) is 2.32. The van der Waals surface area contributed by atoms with Crippen molar-refractivity contribution in [3.05, 3.63) is 54.6 Å². The fourth-order valence-electron chi connectivity index (χ4n) is 1.93. The molecule has 2 aromatic carbocycles. The van der Waals surface area contributed by atoms with E-state index in [9.17, 15) is 13.2 Å². The highest BCUT2D eigenvalue weighted by molar-refractivity contribution is 7.86. The standard InChI is InChI=1S/C16H17NO4S/c17-16(18)7-4-12-21-22(19,20)15-10-8-14(9-11-15)13-5-2-1-3-6-13/h1-3,5-6,8-11H,4,7,12H2,(H2,17,18). The molecule has 116 valence electrons. The van der Waals surface area contributed by atoms with Gasteiger partial charge in [0, 0.05) is 6.42 Å². The van der Waals surface area contributed by atoms with Gasteiger partial charge in [0.25, 0.3) is 10.1 Å². The Morgan fingerprint density at radius 1 is 0.955 bits per heavy atom. The van der Waals surface area contributed by atoms with Crippen LogP contribution in [0.2, 0.25) is 0 Å². The molecule has 0 atom stereocenters. The van der Waals surface area contributed by atoms with Gasteiger partial charge < -0.3 is 5.73 Å². The van der Waals surface area contributed by atoms with Gasteiger partial charge in [-0.3, -0.25) is 8.98 Å². The van der Waals surface area contributed by atoms with Crippen molar-refractivity contribution in [1.29, 1.82) is 0 Å². The Hall–Kier alpha value is -2.18. The van der Waals surface area contributed by atoms with Gasteiger partial charge in [0.2, 0.25) is 5.91 Å². The monoisotopic (exact) mass is 319 g/mol. The smallest absolute Gasteiger partial charge is 0.296 e. The Kier molecular flexibility index (Phi) is 5.30. The molecule has 2 rings (SSSR count). The molecule has 0 aliphatic carbocycles. The van der Waals surface area contributed by atoms with Crippen LogP contribution in [0, 0.1) is 0 Å². The van der Waals surface area contributed by atoms with Gasteiger partial charge in [-0.15, -0.1) is 0 Å². The van der Waals surface area contributed by atoms with E-state index >= 15 is 0 Å². The fourth-order valence-corrected chi connectivity index (χ4v) is 2.87. The van der Waals surface area contributed by atoms with Crippen LogP contribution in [0.4, 0.5) is 0 Å². The lowest BCUT2D eigenvalue weighted by Crippen LogP contribution is -2.13. The number of carbonyl (C=O) groups is 1. The molecule has 0 aromatic heterocycles. The molecular formula is C16H17NO4S. The summed E-state index contributed by atoms with van der Waals surface area (Å²) in [6.45, 7) is -0.0638. The SMILES string of the molecule is NC(=O)CCCOS(=O)(=O)c1ccc(-c2ccccc2)cc1. The number of benzene rings is 2. The molecule has 0 aliphatic rings. The Morgan fingerprint density at radius 2 is 1.55 bits per heavy atom. The van der Waals surface area contributed by atoms with Crippen LogP contribution in [0.25, 0.3) is 11.1 Å². The summed E-state index contributed by atoms with van der Waals surface area (Å²) in [6.07, 6.45) is 0.374. The van der Waals surface area contributed by atoms with E-state index in [1.807, 2.05) is 30.3 Å². The average Bonchev–Trinajstić information content (AvgIpc) is 2.52. The zero-order chi connectivity index (χ0) is 16.0. The maximum absolute atomic E-state index is 12.0. The lowest BCUT2D eigenvalue weighted by molar-refractivity contribution is -0.118. The van der Waals surface area contributed by atoms with Gasteiger partial charge in [-0.2, -0.15) is 8.42 Å².